The predicted molar refractivity (Wildman–Crippen MR) is 109 cm³/mol. The summed E-state index contributed by atoms with van der Waals surface area (Å²) in [6, 6.07) is 17.3. The van der Waals surface area contributed by atoms with Crippen molar-refractivity contribution in [2.24, 2.45) is 0 Å². The SMILES string of the molecule is Cc1ccc(-c2noc3ncn(CCC(=O)NCc4ccccc4)c(=O)c23)cc1. The molecule has 0 bridgehead atoms. The first-order valence-electron chi connectivity index (χ1n) is 9.34. The highest BCUT2D eigenvalue weighted by Gasteiger charge is 2.17. The van der Waals surface area contributed by atoms with E-state index in [0.29, 0.717) is 17.6 Å². The van der Waals surface area contributed by atoms with E-state index < -0.39 is 0 Å². The molecule has 2 heterocycles. The van der Waals surface area contributed by atoms with Crippen LogP contribution in [0.3, 0.4) is 0 Å². The van der Waals surface area contributed by atoms with E-state index in [9.17, 15) is 9.59 Å². The molecule has 29 heavy (non-hydrogen) atoms. The second-order valence-electron chi connectivity index (χ2n) is 6.83. The highest BCUT2D eigenvalue weighted by Crippen LogP contribution is 2.24. The number of aromatic nitrogens is 3. The van der Waals surface area contributed by atoms with Gasteiger partial charge in [-0.05, 0) is 12.5 Å². The monoisotopic (exact) mass is 388 g/mol. The summed E-state index contributed by atoms with van der Waals surface area (Å²) in [5, 5.41) is 7.20. The van der Waals surface area contributed by atoms with Gasteiger partial charge in [0.15, 0.2) is 0 Å². The Morgan fingerprint density at radius 2 is 1.86 bits per heavy atom. The van der Waals surface area contributed by atoms with E-state index in [2.05, 4.69) is 15.5 Å². The van der Waals surface area contributed by atoms with Gasteiger partial charge in [-0.1, -0.05) is 65.3 Å². The van der Waals surface area contributed by atoms with Crippen molar-refractivity contribution in [3.8, 4) is 11.3 Å². The fourth-order valence-electron chi connectivity index (χ4n) is 3.06. The van der Waals surface area contributed by atoms with Crippen LogP contribution in [0.15, 0.2) is 70.2 Å². The number of aryl methyl sites for hydroxylation is 2. The van der Waals surface area contributed by atoms with E-state index in [4.69, 9.17) is 4.52 Å². The Bertz CT molecular complexity index is 1190. The molecule has 1 N–H and O–H groups in total. The molecule has 0 saturated carbocycles. The minimum absolute atomic E-state index is 0.134. The molecule has 0 aliphatic carbocycles. The van der Waals surface area contributed by atoms with Crippen molar-refractivity contribution >= 4 is 17.0 Å². The van der Waals surface area contributed by atoms with Gasteiger partial charge in [0, 0.05) is 25.1 Å². The van der Waals surface area contributed by atoms with E-state index in [1.165, 1.54) is 10.9 Å². The lowest BCUT2D eigenvalue weighted by molar-refractivity contribution is -0.121. The lowest BCUT2D eigenvalue weighted by atomic mass is 10.1. The van der Waals surface area contributed by atoms with Crippen LogP contribution in [0.1, 0.15) is 17.5 Å². The molecule has 7 nitrogen and oxygen atoms in total. The first-order valence-corrected chi connectivity index (χ1v) is 9.34. The Balaban J connectivity index is 1.50. The third kappa shape index (κ3) is 4.08. The van der Waals surface area contributed by atoms with Gasteiger partial charge in [-0.3, -0.25) is 14.2 Å². The van der Waals surface area contributed by atoms with Crippen LogP contribution in [0, 0.1) is 6.92 Å². The zero-order valence-electron chi connectivity index (χ0n) is 16.0. The predicted octanol–water partition coefficient (Wildman–Crippen LogP) is 3.07. The molecule has 0 atom stereocenters. The van der Waals surface area contributed by atoms with Crippen LogP contribution < -0.4 is 10.9 Å². The number of carbonyl (C=O) groups excluding carboxylic acids is 1. The molecular formula is C22H20N4O3. The molecule has 4 aromatic rings. The van der Waals surface area contributed by atoms with E-state index in [-0.39, 0.29) is 30.1 Å². The molecule has 0 saturated heterocycles. The number of rotatable bonds is 6. The van der Waals surface area contributed by atoms with Gasteiger partial charge in [-0.15, -0.1) is 0 Å². The van der Waals surface area contributed by atoms with Crippen molar-refractivity contribution in [3.63, 3.8) is 0 Å². The van der Waals surface area contributed by atoms with Crippen LogP contribution in [0.4, 0.5) is 0 Å². The summed E-state index contributed by atoms with van der Waals surface area (Å²) in [6.07, 6.45) is 1.56. The third-order valence-electron chi connectivity index (χ3n) is 4.70. The van der Waals surface area contributed by atoms with Crippen LogP contribution >= 0.6 is 0 Å². The number of fused-ring (bicyclic) bond motifs is 1. The average Bonchev–Trinajstić information content (AvgIpc) is 3.18. The standard InChI is InChI=1S/C22H20N4O3/c1-15-7-9-17(10-8-15)20-19-21(29-25-20)24-14-26(22(19)28)12-11-18(27)23-13-16-5-3-2-4-6-16/h2-10,14H,11-13H2,1H3,(H,23,27). The Hall–Kier alpha value is -3.74. The summed E-state index contributed by atoms with van der Waals surface area (Å²) in [4.78, 5) is 29.3. The van der Waals surface area contributed by atoms with Gasteiger partial charge in [0.2, 0.25) is 5.91 Å². The smallest absolute Gasteiger partial charge is 0.266 e. The van der Waals surface area contributed by atoms with Gasteiger partial charge < -0.3 is 9.84 Å². The molecule has 0 spiro atoms. The lowest BCUT2D eigenvalue weighted by Crippen LogP contribution is -2.27. The van der Waals surface area contributed by atoms with Gasteiger partial charge in [0.05, 0.1) is 0 Å². The number of hydrogen-bond donors (Lipinski definition) is 1. The van der Waals surface area contributed by atoms with Gasteiger partial charge in [-0.2, -0.15) is 0 Å². The highest BCUT2D eigenvalue weighted by molar-refractivity contribution is 5.88. The number of amides is 1. The van der Waals surface area contributed by atoms with Crippen molar-refractivity contribution in [1.29, 1.82) is 0 Å². The summed E-state index contributed by atoms with van der Waals surface area (Å²) in [6.45, 7) is 2.66. The molecule has 0 unspecified atom stereocenters. The molecule has 0 fully saturated rings. The summed E-state index contributed by atoms with van der Waals surface area (Å²) in [7, 11) is 0. The maximum Gasteiger partial charge on any atom is 0.266 e. The summed E-state index contributed by atoms with van der Waals surface area (Å²) in [5.41, 5.74) is 3.29. The fourth-order valence-corrected chi connectivity index (χ4v) is 3.06. The summed E-state index contributed by atoms with van der Waals surface area (Å²) < 4.78 is 6.64. The van der Waals surface area contributed by atoms with Crippen LogP contribution in [-0.4, -0.2) is 20.6 Å². The fraction of sp³-hybridized carbons (Fsp3) is 0.182. The second kappa shape index (κ2) is 8.10. The zero-order valence-corrected chi connectivity index (χ0v) is 16.0. The number of nitrogens with zero attached hydrogens (tertiary/aromatic N) is 3. The second-order valence-corrected chi connectivity index (χ2v) is 6.83. The molecule has 1 amide bonds. The molecule has 2 aromatic heterocycles. The zero-order chi connectivity index (χ0) is 20.2. The number of hydrogen-bond acceptors (Lipinski definition) is 5. The first kappa shape index (κ1) is 18.6. The minimum atomic E-state index is -0.275. The van der Waals surface area contributed by atoms with Gasteiger partial charge in [-0.25, -0.2) is 4.98 Å². The van der Waals surface area contributed by atoms with Crippen molar-refractivity contribution in [2.75, 3.05) is 0 Å². The largest absolute Gasteiger partial charge is 0.352 e. The van der Waals surface area contributed by atoms with Gasteiger partial charge in [0.25, 0.3) is 11.3 Å². The summed E-state index contributed by atoms with van der Waals surface area (Å²) in [5.74, 6) is -0.134. The van der Waals surface area contributed by atoms with Crippen LogP contribution in [0.25, 0.3) is 22.4 Å². The normalized spacial score (nSPS) is 10.9. The van der Waals surface area contributed by atoms with Crippen molar-refractivity contribution in [1.82, 2.24) is 20.0 Å². The quantitative estimate of drug-likeness (QED) is 0.548. The minimum Gasteiger partial charge on any atom is -0.352 e. The molecule has 7 heteroatoms. The number of carbonyl (C=O) groups is 1. The molecule has 0 aliphatic heterocycles. The third-order valence-corrected chi connectivity index (χ3v) is 4.70. The molecule has 0 aliphatic rings. The number of nitrogens with one attached hydrogen (secondary N) is 1. The Kier molecular flexibility index (Phi) is 5.20. The van der Waals surface area contributed by atoms with E-state index >= 15 is 0 Å². The van der Waals surface area contributed by atoms with Crippen molar-refractivity contribution in [2.45, 2.75) is 26.4 Å². The highest BCUT2D eigenvalue weighted by atomic mass is 16.5. The van der Waals surface area contributed by atoms with Crippen LogP contribution in [0.2, 0.25) is 0 Å². The molecule has 146 valence electrons. The maximum atomic E-state index is 12.9. The topological polar surface area (TPSA) is 90.0 Å². The van der Waals surface area contributed by atoms with E-state index in [0.717, 1.165) is 16.7 Å². The van der Waals surface area contributed by atoms with Crippen LogP contribution in [-0.2, 0) is 17.9 Å². The maximum absolute atomic E-state index is 12.9. The molecule has 0 radical (unpaired) electrons. The molecular weight excluding hydrogens is 368 g/mol. The van der Waals surface area contributed by atoms with Crippen molar-refractivity contribution in [3.05, 3.63) is 82.4 Å². The van der Waals surface area contributed by atoms with E-state index in [1.54, 1.807) is 0 Å². The van der Waals surface area contributed by atoms with Gasteiger partial charge in [0.1, 0.15) is 17.4 Å². The first-order chi connectivity index (χ1) is 14.1. The lowest BCUT2D eigenvalue weighted by Gasteiger charge is -2.07. The van der Waals surface area contributed by atoms with Crippen LogP contribution in [0.5, 0.6) is 0 Å². The molecule has 2 aromatic carbocycles. The van der Waals surface area contributed by atoms with E-state index in [1.807, 2.05) is 61.5 Å². The Labute approximate surface area is 167 Å². The Morgan fingerprint density at radius 1 is 1.10 bits per heavy atom. The average molecular weight is 388 g/mol. The molecule has 4 rings (SSSR count). The van der Waals surface area contributed by atoms with Gasteiger partial charge >= 0.3 is 0 Å². The number of benzene rings is 2. The summed E-state index contributed by atoms with van der Waals surface area (Å²) >= 11 is 0. The Morgan fingerprint density at radius 3 is 2.62 bits per heavy atom. The van der Waals surface area contributed by atoms with Crippen molar-refractivity contribution < 1.29 is 9.32 Å².